The molecule has 1 saturated heterocycles. The highest BCUT2D eigenvalue weighted by atomic mass is 35.5. The Kier molecular flexibility index (Phi) is 6.77. The lowest BCUT2D eigenvalue weighted by molar-refractivity contribution is -0.0402. The van der Waals surface area contributed by atoms with Gasteiger partial charge < -0.3 is 14.4 Å². The number of Topliss-reactive ketones (excluding diaryl/α,β-unsaturated/α-hetero) is 1. The Morgan fingerprint density at radius 1 is 1.28 bits per heavy atom. The van der Waals surface area contributed by atoms with Crippen LogP contribution >= 0.6 is 23.2 Å². The van der Waals surface area contributed by atoms with Gasteiger partial charge in [0.25, 0.3) is 5.91 Å². The second-order valence-electron chi connectivity index (χ2n) is 6.80. The Morgan fingerprint density at radius 2 is 2.03 bits per heavy atom. The summed E-state index contributed by atoms with van der Waals surface area (Å²) in [5, 5.41) is 0.548. The molecule has 1 heterocycles. The van der Waals surface area contributed by atoms with Crippen LogP contribution in [0.15, 0.2) is 30.3 Å². The predicted molar refractivity (Wildman–Crippen MR) is 109 cm³/mol. The van der Waals surface area contributed by atoms with Crippen molar-refractivity contribution >= 4 is 34.9 Å². The van der Waals surface area contributed by atoms with Gasteiger partial charge in [-0.3, -0.25) is 9.59 Å². The smallest absolute Gasteiger partial charge is 0.258 e. The Bertz CT molecular complexity index is 951. The zero-order chi connectivity index (χ0) is 21.1. The fraction of sp³-hybridized carbons (Fsp3) is 0.333. The Morgan fingerprint density at radius 3 is 2.76 bits per heavy atom. The number of nitrogens with zero attached hydrogens (tertiary/aromatic N) is 1. The molecule has 0 aromatic heterocycles. The standard InChI is InChI=1S/C21H20Cl2FNO4/c1-12-3-5-17(24)19(20(12)23)21(27)25-7-8-28-15(10-25)11-29-18-6-4-14(22)9-16(18)13(2)26/h3-6,9,15H,7-8,10-11H2,1-2H3. The first-order chi connectivity index (χ1) is 13.8. The van der Waals surface area contributed by atoms with E-state index < -0.39 is 17.8 Å². The van der Waals surface area contributed by atoms with Gasteiger partial charge in [0.05, 0.1) is 29.3 Å². The molecule has 2 aromatic carbocycles. The first kappa shape index (κ1) is 21.6. The van der Waals surface area contributed by atoms with Crippen molar-refractivity contribution in [3.8, 4) is 5.75 Å². The average Bonchev–Trinajstić information content (AvgIpc) is 2.70. The summed E-state index contributed by atoms with van der Waals surface area (Å²) in [5.41, 5.74) is 0.865. The quantitative estimate of drug-likeness (QED) is 0.640. The molecule has 3 rings (SSSR count). The van der Waals surface area contributed by atoms with Crippen LogP contribution in [-0.2, 0) is 4.74 Å². The number of benzene rings is 2. The zero-order valence-corrected chi connectivity index (χ0v) is 17.5. The lowest BCUT2D eigenvalue weighted by Crippen LogP contribution is -2.48. The van der Waals surface area contributed by atoms with E-state index in [1.54, 1.807) is 25.1 Å². The van der Waals surface area contributed by atoms with Crippen LogP contribution < -0.4 is 4.74 Å². The fourth-order valence-corrected chi connectivity index (χ4v) is 3.51. The van der Waals surface area contributed by atoms with Crippen LogP contribution in [0.1, 0.15) is 33.2 Å². The van der Waals surface area contributed by atoms with Gasteiger partial charge >= 0.3 is 0 Å². The van der Waals surface area contributed by atoms with Crippen LogP contribution in [-0.4, -0.2) is 49.0 Å². The van der Waals surface area contributed by atoms with Crippen molar-refractivity contribution < 1.29 is 23.5 Å². The summed E-state index contributed by atoms with van der Waals surface area (Å²) in [6.07, 6.45) is -0.435. The zero-order valence-electron chi connectivity index (χ0n) is 16.0. The van der Waals surface area contributed by atoms with E-state index in [1.807, 2.05) is 0 Å². The number of halogens is 3. The SMILES string of the molecule is CC(=O)c1cc(Cl)ccc1OCC1CN(C(=O)c2c(F)ccc(C)c2Cl)CCO1. The summed E-state index contributed by atoms with van der Waals surface area (Å²) >= 11 is 12.1. The predicted octanol–water partition coefficient (Wildman–Crippen LogP) is 4.56. The molecule has 0 spiro atoms. The molecule has 0 aliphatic carbocycles. The van der Waals surface area contributed by atoms with Crippen LogP contribution in [0.4, 0.5) is 4.39 Å². The van der Waals surface area contributed by atoms with Crippen LogP contribution in [0, 0.1) is 12.7 Å². The highest BCUT2D eigenvalue weighted by Crippen LogP contribution is 2.26. The maximum atomic E-state index is 14.2. The van der Waals surface area contributed by atoms with Gasteiger partial charge in [-0.05, 0) is 43.7 Å². The summed E-state index contributed by atoms with van der Waals surface area (Å²) in [6.45, 7) is 4.08. The second-order valence-corrected chi connectivity index (χ2v) is 7.62. The molecule has 1 aliphatic rings. The number of carbonyl (C=O) groups is 2. The van der Waals surface area contributed by atoms with Gasteiger partial charge in [0.15, 0.2) is 5.78 Å². The van der Waals surface area contributed by atoms with E-state index in [2.05, 4.69) is 0 Å². The first-order valence-electron chi connectivity index (χ1n) is 9.06. The molecule has 29 heavy (non-hydrogen) atoms. The maximum Gasteiger partial charge on any atom is 0.258 e. The molecular weight excluding hydrogens is 420 g/mol. The number of morpholine rings is 1. The Hall–Kier alpha value is -2.15. The third kappa shape index (κ3) is 4.89. The minimum absolute atomic E-state index is 0.113. The summed E-state index contributed by atoms with van der Waals surface area (Å²) in [5.74, 6) is -0.923. The number of hydrogen-bond acceptors (Lipinski definition) is 4. The topological polar surface area (TPSA) is 55.8 Å². The number of ketones is 1. The van der Waals surface area contributed by atoms with Gasteiger partial charge in [0.1, 0.15) is 24.3 Å². The van der Waals surface area contributed by atoms with Crippen molar-refractivity contribution in [3.05, 3.63) is 62.9 Å². The molecule has 8 heteroatoms. The minimum atomic E-state index is -0.655. The molecule has 0 radical (unpaired) electrons. The van der Waals surface area contributed by atoms with Crippen molar-refractivity contribution in [1.29, 1.82) is 0 Å². The van der Waals surface area contributed by atoms with E-state index in [-0.39, 0.29) is 36.1 Å². The summed E-state index contributed by atoms with van der Waals surface area (Å²) in [4.78, 5) is 26.1. The monoisotopic (exact) mass is 439 g/mol. The fourth-order valence-electron chi connectivity index (χ4n) is 3.10. The van der Waals surface area contributed by atoms with E-state index in [1.165, 1.54) is 24.0 Å². The highest BCUT2D eigenvalue weighted by Gasteiger charge is 2.29. The van der Waals surface area contributed by atoms with Gasteiger partial charge in [-0.15, -0.1) is 0 Å². The normalized spacial score (nSPS) is 16.6. The van der Waals surface area contributed by atoms with Crippen LogP contribution in [0.3, 0.4) is 0 Å². The largest absolute Gasteiger partial charge is 0.490 e. The number of aryl methyl sites for hydroxylation is 1. The lowest BCUT2D eigenvalue weighted by atomic mass is 10.1. The molecule has 0 saturated carbocycles. The molecule has 1 amide bonds. The maximum absolute atomic E-state index is 14.2. The summed E-state index contributed by atoms with van der Waals surface area (Å²) in [6, 6.07) is 7.55. The second kappa shape index (κ2) is 9.11. The summed E-state index contributed by atoms with van der Waals surface area (Å²) < 4.78 is 25.6. The van der Waals surface area contributed by atoms with Gasteiger partial charge in [-0.1, -0.05) is 29.3 Å². The average molecular weight is 440 g/mol. The van der Waals surface area contributed by atoms with Crippen molar-refractivity contribution in [2.45, 2.75) is 20.0 Å². The van der Waals surface area contributed by atoms with E-state index >= 15 is 0 Å². The van der Waals surface area contributed by atoms with Gasteiger partial charge in [0, 0.05) is 11.6 Å². The molecule has 2 aromatic rings. The van der Waals surface area contributed by atoms with E-state index in [0.717, 1.165) is 0 Å². The molecule has 1 fully saturated rings. The highest BCUT2D eigenvalue weighted by molar-refractivity contribution is 6.34. The third-order valence-electron chi connectivity index (χ3n) is 4.67. The van der Waals surface area contributed by atoms with E-state index in [0.29, 0.717) is 28.4 Å². The summed E-state index contributed by atoms with van der Waals surface area (Å²) in [7, 11) is 0. The van der Waals surface area contributed by atoms with E-state index in [9.17, 15) is 14.0 Å². The lowest BCUT2D eigenvalue weighted by Gasteiger charge is -2.33. The van der Waals surface area contributed by atoms with Gasteiger partial charge in [0.2, 0.25) is 0 Å². The number of ether oxygens (including phenoxy) is 2. The van der Waals surface area contributed by atoms with Gasteiger partial charge in [-0.2, -0.15) is 0 Å². The number of carbonyl (C=O) groups excluding carboxylic acids is 2. The third-order valence-corrected chi connectivity index (χ3v) is 5.39. The number of hydrogen-bond donors (Lipinski definition) is 0. The van der Waals surface area contributed by atoms with Crippen molar-refractivity contribution in [1.82, 2.24) is 4.90 Å². The molecule has 5 nitrogen and oxygen atoms in total. The number of amides is 1. The van der Waals surface area contributed by atoms with Crippen LogP contribution in [0.25, 0.3) is 0 Å². The molecule has 1 atom stereocenters. The Labute approximate surface area is 178 Å². The molecule has 1 unspecified atom stereocenters. The molecule has 0 bridgehead atoms. The van der Waals surface area contributed by atoms with Crippen molar-refractivity contribution in [2.24, 2.45) is 0 Å². The molecule has 154 valence electrons. The molecule has 1 aliphatic heterocycles. The van der Waals surface area contributed by atoms with E-state index in [4.69, 9.17) is 32.7 Å². The van der Waals surface area contributed by atoms with Crippen molar-refractivity contribution in [2.75, 3.05) is 26.3 Å². The van der Waals surface area contributed by atoms with Crippen LogP contribution in [0.2, 0.25) is 10.0 Å². The number of rotatable bonds is 5. The van der Waals surface area contributed by atoms with Crippen molar-refractivity contribution in [3.63, 3.8) is 0 Å². The first-order valence-corrected chi connectivity index (χ1v) is 9.82. The van der Waals surface area contributed by atoms with Crippen LogP contribution in [0.5, 0.6) is 5.75 Å². The Balaban J connectivity index is 1.70. The molecule has 0 N–H and O–H groups in total. The minimum Gasteiger partial charge on any atom is -0.490 e. The molecular formula is C21H20Cl2FNO4. The van der Waals surface area contributed by atoms with Gasteiger partial charge in [-0.25, -0.2) is 4.39 Å².